The van der Waals surface area contributed by atoms with Crippen molar-refractivity contribution in [1.29, 1.82) is 0 Å². The van der Waals surface area contributed by atoms with Crippen molar-refractivity contribution < 1.29 is 26.7 Å². The van der Waals surface area contributed by atoms with Crippen LogP contribution in [0, 0.1) is 5.92 Å². The number of hydrogen-bond acceptors (Lipinski definition) is 3. The number of hydrogen-bond donors (Lipinski definition) is 3. The topological polar surface area (TPSA) is 78.4 Å². The van der Waals surface area contributed by atoms with Crippen molar-refractivity contribution in [2.45, 2.75) is 39.0 Å². The molecular formula is C9H19F3N2O3S. The summed E-state index contributed by atoms with van der Waals surface area (Å²) in [5.41, 5.74) is -1.30. The minimum atomic E-state index is -4.62. The van der Waals surface area contributed by atoms with E-state index in [0.717, 1.165) is 0 Å². The number of rotatable bonds is 7. The molecular weight excluding hydrogens is 273 g/mol. The predicted octanol–water partition coefficient (Wildman–Crippen LogP) is 0.770. The van der Waals surface area contributed by atoms with E-state index in [1.807, 2.05) is 18.6 Å². The zero-order valence-corrected chi connectivity index (χ0v) is 11.3. The Morgan fingerprint density at radius 1 is 1.17 bits per heavy atom. The van der Waals surface area contributed by atoms with Crippen LogP contribution < -0.4 is 9.44 Å². The standard InChI is InChI=1S/C9H19F3N2O3S/c1-7(2)4-8(3,15)5-13-18(16,17)14-6-9(10,11)12/h7,13-15H,4-6H2,1-3H3. The van der Waals surface area contributed by atoms with E-state index in [9.17, 15) is 26.7 Å². The molecule has 0 bridgehead atoms. The number of alkyl halides is 3. The highest BCUT2D eigenvalue weighted by molar-refractivity contribution is 7.87. The Balaban J connectivity index is 4.27. The van der Waals surface area contributed by atoms with Gasteiger partial charge in [0.2, 0.25) is 0 Å². The zero-order chi connectivity index (χ0) is 14.6. The maximum absolute atomic E-state index is 11.8. The van der Waals surface area contributed by atoms with Gasteiger partial charge in [-0.15, -0.1) is 0 Å². The van der Waals surface area contributed by atoms with Crippen LogP contribution in [0.2, 0.25) is 0 Å². The molecule has 0 aliphatic heterocycles. The molecule has 0 rings (SSSR count). The summed E-state index contributed by atoms with van der Waals surface area (Å²) in [5.74, 6) is 0.132. The maximum atomic E-state index is 11.8. The third-order valence-electron chi connectivity index (χ3n) is 1.95. The van der Waals surface area contributed by atoms with Gasteiger partial charge in [-0.25, -0.2) is 0 Å². The first-order chi connectivity index (χ1) is 7.83. The van der Waals surface area contributed by atoms with Gasteiger partial charge in [0.1, 0.15) is 6.54 Å². The first-order valence-electron chi connectivity index (χ1n) is 5.36. The van der Waals surface area contributed by atoms with Crippen LogP contribution in [-0.4, -0.2) is 38.4 Å². The minimum Gasteiger partial charge on any atom is -0.389 e. The Morgan fingerprint density at radius 3 is 2.00 bits per heavy atom. The van der Waals surface area contributed by atoms with Gasteiger partial charge in [-0.1, -0.05) is 13.8 Å². The van der Waals surface area contributed by atoms with E-state index in [4.69, 9.17) is 0 Å². The van der Waals surface area contributed by atoms with Crippen molar-refractivity contribution in [2.24, 2.45) is 5.92 Å². The van der Waals surface area contributed by atoms with Gasteiger partial charge in [0, 0.05) is 6.54 Å². The molecule has 18 heavy (non-hydrogen) atoms. The Labute approximate surface area is 105 Å². The molecule has 9 heteroatoms. The highest BCUT2D eigenvalue weighted by Crippen LogP contribution is 2.15. The summed E-state index contributed by atoms with van der Waals surface area (Å²) < 4.78 is 61.1. The molecule has 3 N–H and O–H groups in total. The fourth-order valence-corrected chi connectivity index (χ4v) is 2.39. The molecule has 0 saturated carbocycles. The van der Waals surface area contributed by atoms with Crippen LogP contribution in [0.5, 0.6) is 0 Å². The van der Waals surface area contributed by atoms with E-state index in [1.165, 1.54) is 11.6 Å². The van der Waals surface area contributed by atoms with E-state index in [-0.39, 0.29) is 12.5 Å². The van der Waals surface area contributed by atoms with Crippen LogP contribution in [0.1, 0.15) is 27.2 Å². The number of aliphatic hydroxyl groups is 1. The molecule has 1 atom stereocenters. The van der Waals surface area contributed by atoms with Crippen LogP contribution in [0.15, 0.2) is 0 Å². The first kappa shape index (κ1) is 17.6. The van der Waals surface area contributed by atoms with Gasteiger partial charge in [-0.05, 0) is 19.3 Å². The lowest BCUT2D eigenvalue weighted by Gasteiger charge is -2.25. The molecule has 0 radical (unpaired) electrons. The average molecular weight is 292 g/mol. The molecule has 0 aromatic carbocycles. The molecule has 110 valence electrons. The van der Waals surface area contributed by atoms with E-state index in [1.54, 1.807) is 0 Å². The van der Waals surface area contributed by atoms with Gasteiger partial charge in [0.15, 0.2) is 0 Å². The maximum Gasteiger partial charge on any atom is 0.402 e. The third-order valence-corrected chi connectivity index (χ3v) is 3.00. The van der Waals surface area contributed by atoms with Crippen molar-refractivity contribution in [1.82, 2.24) is 9.44 Å². The monoisotopic (exact) mass is 292 g/mol. The van der Waals surface area contributed by atoms with Crippen molar-refractivity contribution in [3.05, 3.63) is 0 Å². The highest BCUT2D eigenvalue weighted by Gasteiger charge is 2.30. The fourth-order valence-electron chi connectivity index (χ4n) is 1.43. The first-order valence-corrected chi connectivity index (χ1v) is 6.85. The van der Waals surface area contributed by atoms with Crippen LogP contribution >= 0.6 is 0 Å². The fraction of sp³-hybridized carbons (Fsp3) is 1.00. The van der Waals surface area contributed by atoms with Crippen LogP contribution in [0.3, 0.4) is 0 Å². The Hall–Kier alpha value is -0.380. The predicted molar refractivity (Wildman–Crippen MR) is 61.1 cm³/mol. The average Bonchev–Trinajstić information content (AvgIpc) is 2.09. The van der Waals surface area contributed by atoms with Gasteiger partial charge in [0.25, 0.3) is 10.2 Å². The molecule has 0 heterocycles. The molecule has 0 amide bonds. The van der Waals surface area contributed by atoms with E-state index in [0.29, 0.717) is 6.42 Å². The summed E-state index contributed by atoms with van der Waals surface area (Å²) in [6.07, 6.45) is -4.29. The summed E-state index contributed by atoms with van der Waals surface area (Å²) in [4.78, 5) is 0. The quantitative estimate of drug-likeness (QED) is 0.648. The largest absolute Gasteiger partial charge is 0.402 e. The van der Waals surface area contributed by atoms with Gasteiger partial charge in [-0.3, -0.25) is 0 Å². The van der Waals surface area contributed by atoms with Crippen LogP contribution in [-0.2, 0) is 10.2 Å². The Bertz CT molecular complexity index is 353. The van der Waals surface area contributed by atoms with Crippen molar-refractivity contribution in [2.75, 3.05) is 13.1 Å². The van der Waals surface area contributed by atoms with E-state index >= 15 is 0 Å². The van der Waals surface area contributed by atoms with E-state index < -0.39 is 28.5 Å². The second-order valence-corrected chi connectivity index (χ2v) is 6.44. The molecule has 1 unspecified atom stereocenters. The van der Waals surface area contributed by atoms with Gasteiger partial charge in [0.05, 0.1) is 5.60 Å². The number of halogens is 3. The normalized spacial score (nSPS) is 16.9. The molecule has 0 aromatic rings. The summed E-state index contributed by atoms with van der Waals surface area (Å²) in [6, 6.07) is 0. The van der Waals surface area contributed by atoms with Crippen LogP contribution in [0.25, 0.3) is 0 Å². The lowest BCUT2D eigenvalue weighted by Crippen LogP contribution is -2.47. The zero-order valence-electron chi connectivity index (χ0n) is 10.5. The van der Waals surface area contributed by atoms with Crippen molar-refractivity contribution in [3.8, 4) is 0 Å². The summed E-state index contributed by atoms with van der Waals surface area (Å²) in [7, 11) is -4.26. The Morgan fingerprint density at radius 2 is 1.61 bits per heavy atom. The summed E-state index contributed by atoms with van der Waals surface area (Å²) in [5, 5.41) is 9.80. The summed E-state index contributed by atoms with van der Waals surface area (Å²) in [6.45, 7) is 3.10. The minimum absolute atomic E-state index is 0.132. The van der Waals surface area contributed by atoms with Crippen molar-refractivity contribution in [3.63, 3.8) is 0 Å². The molecule has 0 aliphatic carbocycles. The Kier molecular flexibility index (Phi) is 6.05. The molecule has 0 spiro atoms. The van der Waals surface area contributed by atoms with Crippen molar-refractivity contribution >= 4 is 10.2 Å². The lowest BCUT2D eigenvalue weighted by atomic mass is 9.95. The van der Waals surface area contributed by atoms with E-state index in [2.05, 4.69) is 0 Å². The molecule has 0 aliphatic rings. The SMILES string of the molecule is CC(C)CC(C)(O)CNS(=O)(=O)NCC(F)(F)F. The molecule has 5 nitrogen and oxygen atoms in total. The molecule has 0 aromatic heterocycles. The van der Waals surface area contributed by atoms with Gasteiger partial charge in [-0.2, -0.15) is 31.0 Å². The van der Waals surface area contributed by atoms with Gasteiger partial charge >= 0.3 is 6.18 Å². The lowest BCUT2D eigenvalue weighted by molar-refractivity contribution is -0.121. The molecule has 0 saturated heterocycles. The van der Waals surface area contributed by atoms with Crippen LogP contribution in [0.4, 0.5) is 13.2 Å². The second-order valence-electron chi connectivity index (χ2n) is 4.86. The third kappa shape index (κ3) is 9.63. The second kappa shape index (κ2) is 6.18. The smallest absolute Gasteiger partial charge is 0.389 e. The summed E-state index contributed by atoms with van der Waals surface area (Å²) >= 11 is 0. The molecule has 0 fully saturated rings. The number of nitrogens with one attached hydrogen (secondary N) is 2. The highest BCUT2D eigenvalue weighted by atomic mass is 32.2. The van der Waals surface area contributed by atoms with Gasteiger partial charge < -0.3 is 5.11 Å².